The number of unbranched alkanes of at least 4 members (excludes halogenated alkanes) is 1. The number of hydrogen-bond donors (Lipinski definition) is 2. The largest absolute Gasteiger partial charge is 0.377 e. The summed E-state index contributed by atoms with van der Waals surface area (Å²) in [5.41, 5.74) is 1.29. The minimum Gasteiger partial charge on any atom is -0.377 e. The summed E-state index contributed by atoms with van der Waals surface area (Å²) in [4.78, 5) is 12.1. The number of nitrogens with zero attached hydrogens (tertiary/aromatic N) is 2. The minimum atomic E-state index is -0.0465. The van der Waals surface area contributed by atoms with E-state index in [9.17, 15) is 4.79 Å². The summed E-state index contributed by atoms with van der Waals surface area (Å²) in [7, 11) is 1.93. The van der Waals surface area contributed by atoms with Crippen molar-refractivity contribution in [3.63, 3.8) is 0 Å². The molecule has 6 nitrogen and oxygen atoms in total. The van der Waals surface area contributed by atoms with Crippen LogP contribution in [0.4, 0.5) is 4.79 Å². The van der Waals surface area contributed by atoms with E-state index in [4.69, 9.17) is 4.74 Å². The fourth-order valence-corrected chi connectivity index (χ4v) is 4.07. The molecule has 0 radical (unpaired) electrons. The zero-order chi connectivity index (χ0) is 16.4. The molecule has 1 aliphatic heterocycles. The van der Waals surface area contributed by atoms with Crippen LogP contribution >= 0.6 is 0 Å². The van der Waals surface area contributed by atoms with Gasteiger partial charge in [0.05, 0.1) is 12.3 Å². The van der Waals surface area contributed by atoms with Gasteiger partial charge in [0.25, 0.3) is 0 Å². The zero-order valence-electron chi connectivity index (χ0n) is 14.3. The molecule has 2 heterocycles. The molecule has 2 N–H and O–H groups in total. The Morgan fingerprint density at radius 3 is 3.04 bits per heavy atom. The first kappa shape index (κ1) is 16.3. The van der Waals surface area contributed by atoms with Gasteiger partial charge in [-0.3, -0.25) is 4.68 Å². The third-order valence-electron chi connectivity index (χ3n) is 5.32. The molecule has 0 aromatic carbocycles. The quantitative estimate of drug-likeness (QED) is 0.786. The standard InChI is InChI=1S/C17H28N4O2/c1-17(2)14(13-7-9-23-15(13)17)20-16(22)18-8-5-4-6-12-10-19-21(3)11-12/h10-11,13-15H,4-9H2,1-3H3,(H2,18,20,22)/t13-,14-,15+/m1/s1. The molecule has 0 spiro atoms. The summed E-state index contributed by atoms with van der Waals surface area (Å²) >= 11 is 0. The molecule has 0 unspecified atom stereocenters. The van der Waals surface area contributed by atoms with E-state index in [-0.39, 0.29) is 17.5 Å². The summed E-state index contributed by atoms with van der Waals surface area (Å²) in [5.74, 6) is 0.487. The van der Waals surface area contributed by atoms with Crippen LogP contribution in [-0.2, 0) is 18.2 Å². The number of carbonyl (C=O) groups is 1. The van der Waals surface area contributed by atoms with Gasteiger partial charge in [-0.05, 0) is 31.2 Å². The Morgan fingerprint density at radius 2 is 2.30 bits per heavy atom. The molecule has 1 saturated heterocycles. The van der Waals surface area contributed by atoms with E-state index >= 15 is 0 Å². The van der Waals surface area contributed by atoms with Crippen molar-refractivity contribution < 1.29 is 9.53 Å². The van der Waals surface area contributed by atoms with Gasteiger partial charge in [0.15, 0.2) is 0 Å². The van der Waals surface area contributed by atoms with Crippen LogP contribution in [0.2, 0.25) is 0 Å². The minimum absolute atomic E-state index is 0.0405. The average Bonchev–Trinajstić information content (AvgIpc) is 3.12. The fraction of sp³-hybridized carbons (Fsp3) is 0.765. The molecule has 1 aromatic rings. The van der Waals surface area contributed by atoms with E-state index < -0.39 is 0 Å². The third kappa shape index (κ3) is 3.37. The third-order valence-corrected chi connectivity index (χ3v) is 5.32. The van der Waals surface area contributed by atoms with Crippen molar-refractivity contribution in [1.29, 1.82) is 0 Å². The van der Waals surface area contributed by atoms with E-state index in [0.717, 1.165) is 32.3 Å². The van der Waals surface area contributed by atoms with Gasteiger partial charge in [0, 0.05) is 43.8 Å². The van der Waals surface area contributed by atoms with E-state index in [0.29, 0.717) is 18.6 Å². The van der Waals surface area contributed by atoms with Crippen LogP contribution in [0, 0.1) is 11.3 Å². The Kier molecular flexibility index (Phi) is 4.62. The Balaban J connectivity index is 1.32. The SMILES string of the molecule is Cn1cc(CCCCNC(=O)N[C@@H]2[C@H]3CCO[C@@H]3C2(C)C)cn1. The first-order valence-corrected chi connectivity index (χ1v) is 8.62. The molecule has 1 saturated carbocycles. The number of hydrogen-bond acceptors (Lipinski definition) is 3. The Labute approximate surface area is 138 Å². The molecule has 1 aromatic heterocycles. The maximum atomic E-state index is 12.1. The van der Waals surface area contributed by atoms with Gasteiger partial charge in [-0.2, -0.15) is 5.10 Å². The monoisotopic (exact) mass is 320 g/mol. The molecule has 128 valence electrons. The number of aromatic nitrogens is 2. The summed E-state index contributed by atoms with van der Waals surface area (Å²) in [6.07, 6.45) is 8.35. The highest BCUT2D eigenvalue weighted by molar-refractivity contribution is 5.74. The summed E-state index contributed by atoms with van der Waals surface area (Å²) in [6, 6.07) is 0.181. The highest BCUT2D eigenvalue weighted by atomic mass is 16.5. The first-order chi connectivity index (χ1) is 11.0. The molecular weight excluding hydrogens is 292 g/mol. The van der Waals surface area contributed by atoms with Crippen LogP contribution in [0.15, 0.2) is 12.4 Å². The van der Waals surface area contributed by atoms with E-state index in [1.54, 1.807) is 0 Å². The topological polar surface area (TPSA) is 68.2 Å². The van der Waals surface area contributed by atoms with E-state index in [2.05, 4.69) is 29.6 Å². The number of urea groups is 1. The first-order valence-electron chi connectivity index (χ1n) is 8.62. The molecule has 3 atom stereocenters. The fourth-order valence-electron chi connectivity index (χ4n) is 4.07. The van der Waals surface area contributed by atoms with Crippen LogP contribution in [-0.4, -0.2) is 41.1 Å². The Hall–Kier alpha value is -1.56. The molecule has 23 heavy (non-hydrogen) atoms. The molecule has 1 aliphatic carbocycles. The zero-order valence-corrected chi connectivity index (χ0v) is 14.3. The lowest BCUT2D eigenvalue weighted by molar-refractivity contribution is -0.108. The normalized spacial score (nSPS) is 28.0. The maximum Gasteiger partial charge on any atom is 0.315 e. The van der Waals surface area contributed by atoms with Crippen molar-refractivity contribution in [2.75, 3.05) is 13.2 Å². The van der Waals surface area contributed by atoms with Crippen LogP contribution in [0.5, 0.6) is 0 Å². The second-order valence-electron chi connectivity index (χ2n) is 7.42. The maximum absolute atomic E-state index is 12.1. The van der Waals surface area contributed by atoms with Gasteiger partial charge < -0.3 is 15.4 Å². The molecule has 2 fully saturated rings. The van der Waals surface area contributed by atoms with Crippen LogP contribution in [0.25, 0.3) is 0 Å². The van der Waals surface area contributed by atoms with Crippen LogP contribution < -0.4 is 10.6 Å². The van der Waals surface area contributed by atoms with Crippen LogP contribution in [0.3, 0.4) is 0 Å². The lowest BCUT2D eigenvalue weighted by Gasteiger charge is -2.54. The molecule has 6 heteroatoms. The van der Waals surface area contributed by atoms with Crippen molar-refractivity contribution >= 4 is 6.03 Å². The number of amides is 2. The number of rotatable bonds is 6. The second-order valence-corrected chi connectivity index (χ2v) is 7.42. The number of nitrogens with one attached hydrogen (secondary N) is 2. The Bertz CT molecular complexity index is 555. The number of ether oxygens (including phenoxy) is 1. The van der Waals surface area contributed by atoms with Crippen molar-refractivity contribution in [2.45, 2.75) is 51.7 Å². The highest BCUT2D eigenvalue weighted by Gasteiger charge is 2.59. The van der Waals surface area contributed by atoms with Gasteiger partial charge in [-0.15, -0.1) is 0 Å². The molecular formula is C17H28N4O2. The summed E-state index contributed by atoms with van der Waals surface area (Å²) in [5, 5.41) is 10.3. The lowest BCUT2D eigenvalue weighted by Crippen LogP contribution is -2.67. The number of carbonyl (C=O) groups excluding carboxylic acids is 1. The second kappa shape index (κ2) is 6.51. The summed E-state index contributed by atoms with van der Waals surface area (Å²) < 4.78 is 7.58. The van der Waals surface area contributed by atoms with Gasteiger partial charge in [0.2, 0.25) is 0 Å². The van der Waals surface area contributed by atoms with E-state index in [1.807, 2.05) is 24.1 Å². The van der Waals surface area contributed by atoms with Crippen molar-refractivity contribution in [3.8, 4) is 0 Å². The molecule has 2 aliphatic rings. The molecule has 3 rings (SSSR count). The molecule has 0 bridgehead atoms. The van der Waals surface area contributed by atoms with Crippen LogP contribution in [0.1, 0.15) is 38.7 Å². The summed E-state index contributed by atoms with van der Waals surface area (Å²) in [6.45, 7) is 5.90. The van der Waals surface area contributed by atoms with Gasteiger partial charge in [0.1, 0.15) is 0 Å². The van der Waals surface area contributed by atoms with E-state index in [1.165, 1.54) is 5.56 Å². The predicted molar refractivity (Wildman–Crippen MR) is 88.1 cm³/mol. The lowest BCUT2D eigenvalue weighted by atomic mass is 9.57. The number of fused-ring (bicyclic) bond motifs is 1. The van der Waals surface area contributed by atoms with Crippen molar-refractivity contribution in [1.82, 2.24) is 20.4 Å². The average molecular weight is 320 g/mol. The van der Waals surface area contributed by atoms with Gasteiger partial charge in [-0.25, -0.2) is 4.79 Å². The van der Waals surface area contributed by atoms with Gasteiger partial charge in [-0.1, -0.05) is 13.8 Å². The predicted octanol–water partition coefficient (Wildman–Crippen LogP) is 1.86. The van der Waals surface area contributed by atoms with Crippen molar-refractivity contribution in [3.05, 3.63) is 18.0 Å². The Morgan fingerprint density at radius 1 is 1.48 bits per heavy atom. The van der Waals surface area contributed by atoms with Gasteiger partial charge >= 0.3 is 6.03 Å². The smallest absolute Gasteiger partial charge is 0.315 e. The number of aryl methyl sites for hydroxylation is 2. The molecule has 2 amide bonds. The van der Waals surface area contributed by atoms with Crippen molar-refractivity contribution in [2.24, 2.45) is 18.4 Å². The highest BCUT2D eigenvalue weighted by Crippen LogP contribution is 2.51.